The van der Waals surface area contributed by atoms with Gasteiger partial charge in [-0.2, -0.15) is 0 Å². The average molecular weight is 1480 g/mol. The molecule has 7 aliphatic rings. The number of fused-ring (bicyclic) bond motifs is 9. The zero-order valence-corrected chi connectivity index (χ0v) is 62.5. The summed E-state index contributed by atoms with van der Waals surface area (Å²) in [4.78, 5) is 134. The van der Waals surface area contributed by atoms with E-state index in [-0.39, 0.29) is 95.9 Å². The van der Waals surface area contributed by atoms with Crippen molar-refractivity contribution < 1.29 is 71.9 Å². The number of aliphatic hydroxyl groups excluding tert-OH is 1. The molecule has 5 aliphatic heterocycles. The van der Waals surface area contributed by atoms with Gasteiger partial charge in [-0.15, -0.1) is 5.10 Å². The molecule has 570 valence electrons. The van der Waals surface area contributed by atoms with E-state index in [1.807, 2.05) is 64.3 Å². The molecule has 5 atom stereocenters. The van der Waals surface area contributed by atoms with Crippen molar-refractivity contribution in [2.45, 2.75) is 168 Å². The number of aliphatic imine (C=N–C) groups is 1. The number of rotatable bonds is 27. The number of nitrogens with one attached hydrogen (secondary N) is 5. The van der Waals surface area contributed by atoms with Gasteiger partial charge in [0.2, 0.25) is 35.4 Å². The van der Waals surface area contributed by atoms with Crippen molar-refractivity contribution in [3.05, 3.63) is 119 Å². The monoisotopic (exact) mass is 1480 g/mol. The van der Waals surface area contributed by atoms with Gasteiger partial charge < -0.3 is 70.1 Å². The van der Waals surface area contributed by atoms with Crippen molar-refractivity contribution in [1.82, 2.24) is 46.1 Å². The molecule has 6 aromatic rings. The maximum atomic E-state index is 14.5. The minimum atomic E-state index is -1.47. The molecule has 13 rings (SSSR count). The van der Waals surface area contributed by atoms with E-state index in [2.05, 4.69) is 64.6 Å². The molecule has 2 aliphatic carbocycles. The van der Waals surface area contributed by atoms with Gasteiger partial charge in [-0.25, -0.2) is 14.4 Å². The van der Waals surface area contributed by atoms with Gasteiger partial charge in [-0.1, -0.05) is 87.5 Å². The number of anilines is 3. The Morgan fingerprint density at radius 1 is 0.657 bits per heavy atom. The summed E-state index contributed by atoms with van der Waals surface area (Å²) in [5, 5.41) is 34.5. The zero-order valence-electron chi connectivity index (χ0n) is 62.5. The van der Waals surface area contributed by atoms with E-state index in [1.54, 1.807) is 67.2 Å². The lowest BCUT2D eigenvalue weighted by Gasteiger charge is -2.33. The zero-order chi connectivity index (χ0) is 76.5. The number of carbonyl (C=O) groups is 9. The molecule has 4 fully saturated rings. The maximum absolute atomic E-state index is 14.5. The van der Waals surface area contributed by atoms with Crippen LogP contribution in [-0.2, 0) is 52.2 Å². The molecule has 2 saturated heterocycles. The van der Waals surface area contributed by atoms with Crippen LogP contribution in [0.5, 0.6) is 23.0 Å². The molecular formula is C80H95N13O15. The Labute approximate surface area is 626 Å². The van der Waals surface area contributed by atoms with Crippen molar-refractivity contribution >= 4 is 82.3 Å². The first kappa shape index (κ1) is 75.3. The number of ether oxygens (including phenoxy) is 5. The third kappa shape index (κ3) is 15.8. The number of methoxy groups -OCH3 is 2. The molecular weight excluding hydrogens is 1380 g/mol. The number of nitrogens with zero attached hydrogens (tertiary/aromatic N) is 8. The summed E-state index contributed by atoms with van der Waals surface area (Å²) < 4.78 is 31.7. The van der Waals surface area contributed by atoms with Crippen molar-refractivity contribution in [3.8, 4) is 45.5 Å². The first-order valence-electron chi connectivity index (χ1n) is 37.3. The van der Waals surface area contributed by atoms with E-state index in [1.165, 1.54) is 26.2 Å². The fraction of sp³-hybridized carbons (Fsp3) is 0.475. The van der Waals surface area contributed by atoms with E-state index >= 15 is 0 Å². The van der Waals surface area contributed by atoms with Crippen molar-refractivity contribution in [1.29, 1.82) is 0 Å². The van der Waals surface area contributed by atoms with Gasteiger partial charge >= 0.3 is 6.09 Å². The number of unbranched alkanes of at least 4 members (excludes halogenated alkanes) is 2. The average Bonchev–Trinajstić information content (AvgIpc) is 1.56. The molecule has 0 radical (unpaired) electrons. The van der Waals surface area contributed by atoms with Crippen molar-refractivity contribution in [2.75, 3.05) is 68.7 Å². The second-order valence-electron chi connectivity index (χ2n) is 30.7. The van der Waals surface area contributed by atoms with Gasteiger partial charge in [0.05, 0.1) is 98.6 Å². The lowest BCUT2D eigenvalue weighted by molar-refractivity contribution is -0.132. The molecule has 9 amide bonds. The molecule has 6 N–H and O–H groups in total. The van der Waals surface area contributed by atoms with Crippen LogP contribution in [-0.4, -0.2) is 173 Å². The second-order valence-corrected chi connectivity index (χ2v) is 30.7. The molecule has 28 heteroatoms. The quantitative estimate of drug-likeness (QED) is 0.0262. The molecule has 108 heavy (non-hydrogen) atoms. The highest BCUT2D eigenvalue weighted by Crippen LogP contribution is 2.58. The minimum absolute atomic E-state index is 0.0176. The topological polar surface area (TPSA) is 336 Å². The third-order valence-corrected chi connectivity index (χ3v) is 22.4. The predicted octanol–water partition coefficient (Wildman–Crippen LogP) is 8.97. The van der Waals surface area contributed by atoms with Crippen LogP contribution in [0, 0.1) is 22.7 Å². The molecule has 6 heterocycles. The summed E-state index contributed by atoms with van der Waals surface area (Å²) in [5.74, 6) is -2.71. The van der Waals surface area contributed by atoms with E-state index in [0.29, 0.717) is 84.2 Å². The number of aromatic nitrogens is 3. The van der Waals surface area contributed by atoms with Crippen LogP contribution < -0.4 is 55.3 Å². The van der Waals surface area contributed by atoms with E-state index < -0.39 is 84.5 Å². The first-order chi connectivity index (χ1) is 51.8. The van der Waals surface area contributed by atoms with Crippen molar-refractivity contribution in [2.24, 2.45) is 27.7 Å². The Kier molecular flexibility index (Phi) is 21.7. The van der Waals surface area contributed by atoms with Crippen LogP contribution in [0.15, 0.2) is 102 Å². The Bertz CT molecular complexity index is 4520. The molecule has 2 saturated carbocycles. The van der Waals surface area contributed by atoms with Crippen LogP contribution in [0.2, 0.25) is 0 Å². The molecule has 2 spiro atoms. The Hall–Kier alpha value is -10.9. The highest BCUT2D eigenvalue weighted by Gasteiger charge is 2.58. The molecule has 0 unspecified atom stereocenters. The molecule has 5 aromatic carbocycles. The largest absolute Gasteiger partial charge is 0.493 e. The summed E-state index contributed by atoms with van der Waals surface area (Å²) in [6.45, 7) is 14.0. The highest BCUT2D eigenvalue weighted by atomic mass is 16.6. The SMILES string of the molecule is COc1cc2c(cc1OCCCCCOc1cc3c(cc1OC)C(=O)N1CC4(CC4)C[C@H]1[C@H](O)N3C(=O)OCc1ccc(NC(=O)[C@H](C)NC(=O)[C@@H](NC(=O)CNC(=O)CNC(=O)CCC(=O)N3Cc4ccccc4-c4nnn(C(C)(C)C(C)C)c4-c4ccccc43)C(C)C)cc1)N=C[C@@H]1CC3(CC3)CN1C2=O. The summed E-state index contributed by atoms with van der Waals surface area (Å²) in [6.07, 6.45) is 6.58. The van der Waals surface area contributed by atoms with Gasteiger partial charge in [0.1, 0.15) is 24.4 Å². The van der Waals surface area contributed by atoms with Crippen LogP contribution in [0.4, 0.5) is 27.5 Å². The lowest BCUT2D eigenvalue weighted by Crippen LogP contribution is -2.55. The fourth-order valence-electron chi connectivity index (χ4n) is 14.9. The number of aliphatic hydroxyl groups is 1. The van der Waals surface area contributed by atoms with Crippen LogP contribution in [0.1, 0.15) is 151 Å². The number of carbonyl (C=O) groups excluding carboxylic acids is 9. The highest BCUT2D eigenvalue weighted by molar-refractivity contribution is 6.07. The van der Waals surface area contributed by atoms with Crippen LogP contribution in [0.25, 0.3) is 22.5 Å². The smallest absolute Gasteiger partial charge is 0.416 e. The number of hydrogen-bond acceptors (Lipinski definition) is 18. The molecule has 28 nitrogen and oxygen atoms in total. The fourth-order valence-corrected chi connectivity index (χ4v) is 14.9. The van der Waals surface area contributed by atoms with Gasteiger partial charge in [-0.3, -0.25) is 43.3 Å². The number of para-hydroxylation sites is 1. The standard InChI is InChI=1S/C80H95N13O15/c1-46(2)69(86-67(96)41-83-66(95)40-82-65(94)25-26-68(97)89-42-50-17-11-12-18-53(50)70-71(54-19-13-14-20-58(54)89)93(88-87-70)78(6,7)47(3)4)73(99)84-48(5)72(98)85-51-23-21-49(22-24-51)43-108-77(103)92-59-36-64(62(105-9)34-56(59)75(101)91-45-80(29-30-80)38-60(91)76(92)102)107-32-16-10-15-31-106-63-35-57-55(33-61(63)104-8)74(100)90-44-79(27-28-79)37-52(90)39-81-57/h11-14,17-24,33-36,39,46-48,52,60,69,76,102H,10,15-16,25-32,37-38,40-45H2,1-9H3,(H,82,94)(H,83,95)(H,84,99)(H,85,98)(H,86,96)/t48-,52-,60-,69-,76-/m0/s1. The first-order valence-corrected chi connectivity index (χ1v) is 37.3. The Morgan fingerprint density at radius 2 is 1.29 bits per heavy atom. The summed E-state index contributed by atoms with van der Waals surface area (Å²) in [5.41, 5.74) is 6.41. The van der Waals surface area contributed by atoms with E-state index in [4.69, 9.17) is 28.7 Å². The van der Waals surface area contributed by atoms with Gasteiger partial charge in [0.15, 0.2) is 29.2 Å². The minimum Gasteiger partial charge on any atom is -0.493 e. The van der Waals surface area contributed by atoms with Gasteiger partial charge in [0, 0.05) is 61.1 Å². The number of hydrogen-bond donors (Lipinski definition) is 6. The van der Waals surface area contributed by atoms with Gasteiger partial charge in [0.25, 0.3) is 11.8 Å². The molecule has 1 aromatic heterocycles. The number of benzene rings is 5. The third-order valence-electron chi connectivity index (χ3n) is 22.4. The van der Waals surface area contributed by atoms with Crippen LogP contribution >= 0.6 is 0 Å². The van der Waals surface area contributed by atoms with Crippen molar-refractivity contribution in [3.63, 3.8) is 0 Å². The maximum Gasteiger partial charge on any atom is 0.416 e. The predicted molar refractivity (Wildman–Crippen MR) is 401 cm³/mol. The Balaban J connectivity index is 0.558. The molecule has 0 bridgehead atoms. The summed E-state index contributed by atoms with van der Waals surface area (Å²) in [6, 6.07) is 25.3. The lowest BCUT2D eigenvalue weighted by atomic mass is 9.89. The number of amides is 9. The van der Waals surface area contributed by atoms with Crippen LogP contribution in [0.3, 0.4) is 0 Å². The van der Waals surface area contributed by atoms with Gasteiger partial charge in [-0.05, 0) is 143 Å². The Morgan fingerprint density at radius 3 is 1.97 bits per heavy atom. The van der Waals surface area contributed by atoms with E-state index in [0.717, 1.165) is 65.9 Å². The summed E-state index contributed by atoms with van der Waals surface area (Å²) in [7, 11) is 3.01. The summed E-state index contributed by atoms with van der Waals surface area (Å²) >= 11 is 0. The van der Waals surface area contributed by atoms with E-state index in [9.17, 15) is 48.3 Å². The normalized spacial score (nSPS) is 18.6. The second kappa shape index (κ2) is 31.1.